The fourth-order valence-electron chi connectivity index (χ4n) is 3.12. The van der Waals surface area contributed by atoms with E-state index in [-0.39, 0.29) is 17.9 Å². The normalized spacial score (nSPS) is 11.6. The Hall–Kier alpha value is -3.40. The van der Waals surface area contributed by atoms with Crippen molar-refractivity contribution in [3.05, 3.63) is 90.0 Å². The number of anilines is 1. The molecule has 0 aromatic heterocycles. The molecule has 0 aliphatic rings. The Morgan fingerprint density at radius 2 is 1.78 bits per heavy atom. The third kappa shape index (κ3) is 4.06. The fraction of sp³-hybridized carbons (Fsp3) is 0.130. The Kier molecular flexibility index (Phi) is 5.36. The minimum atomic E-state index is -0.311. The van der Waals surface area contributed by atoms with E-state index in [4.69, 9.17) is 0 Å². The van der Waals surface area contributed by atoms with Crippen molar-refractivity contribution < 1.29 is 9.59 Å². The fourth-order valence-corrected chi connectivity index (χ4v) is 3.12. The van der Waals surface area contributed by atoms with Gasteiger partial charge in [-0.15, -0.1) is 0 Å². The molecule has 0 heterocycles. The van der Waals surface area contributed by atoms with Gasteiger partial charge in [-0.1, -0.05) is 55.1 Å². The van der Waals surface area contributed by atoms with Crippen molar-refractivity contribution in [3.63, 3.8) is 0 Å². The number of fused-ring (bicyclic) bond motifs is 1. The van der Waals surface area contributed by atoms with Gasteiger partial charge < -0.3 is 10.6 Å². The maximum Gasteiger partial charge on any atom is 0.252 e. The van der Waals surface area contributed by atoms with E-state index in [0.717, 1.165) is 21.9 Å². The lowest BCUT2D eigenvalue weighted by Gasteiger charge is -2.18. The highest BCUT2D eigenvalue weighted by Gasteiger charge is 2.16. The first-order valence-electron chi connectivity index (χ1n) is 8.82. The van der Waals surface area contributed by atoms with Crippen LogP contribution < -0.4 is 10.6 Å². The summed E-state index contributed by atoms with van der Waals surface area (Å²) in [4.78, 5) is 24.4. The summed E-state index contributed by atoms with van der Waals surface area (Å²) in [6.07, 6.45) is 1.20. The zero-order valence-electron chi connectivity index (χ0n) is 15.5. The first-order valence-corrected chi connectivity index (χ1v) is 8.82. The highest BCUT2D eigenvalue weighted by atomic mass is 16.2. The Morgan fingerprint density at radius 3 is 2.56 bits per heavy atom. The smallest absolute Gasteiger partial charge is 0.252 e. The molecule has 0 aliphatic heterocycles. The number of nitrogens with one attached hydrogen (secondary N) is 2. The summed E-state index contributed by atoms with van der Waals surface area (Å²) in [5.41, 5.74) is 3.00. The quantitative estimate of drug-likeness (QED) is 0.646. The third-order valence-corrected chi connectivity index (χ3v) is 4.57. The van der Waals surface area contributed by atoms with Crippen molar-refractivity contribution in [1.29, 1.82) is 0 Å². The van der Waals surface area contributed by atoms with Crippen LogP contribution >= 0.6 is 0 Å². The molecule has 3 rings (SSSR count). The van der Waals surface area contributed by atoms with Crippen LogP contribution in [0.3, 0.4) is 0 Å². The summed E-state index contributed by atoms with van der Waals surface area (Å²) < 4.78 is 0. The second-order valence-corrected chi connectivity index (χ2v) is 6.49. The van der Waals surface area contributed by atoms with Gasteiger partial charge in [-0.25, -0.2) is 0 Å². The highest BCUT2D eigenvalue weighted by Crippen LogP contribution is 2.25. The van der Waals surface area contributed by atoms with E-state index in [2.05, 4.69) is 35.4 Å². The van der Waals surface area contributed by atoms with Crippen LogP contribution in [0.1, 0.15) is 34.5 Å². The van der Waals surface area contributed by atoms with Gasteiger partial charge in [-0.3, -0.25) is 9.59 Å². The average molecular weight is 358 g/mol. The molecule has 3 aromatic rings. The van der Waals surface area contributed by atoms with Crippen molar-refractivity contribution in [2.24, 2.45) is 0 Å². The second-order valence-electron chi connectivity index (χ2n) is 6.49. The molecule has 2 amide bonds. The van der Waals surface area contributed by atoms with E-state index >= 15 is 0 Å². The maximum absolute atomic E-state index is 12.8. The van der Waals surface area contributed by atoms with Crippen LogP contribution in [0.15, 0.2) is 73.3 Å². The second kappa shape index (κ2) is 7.87. The number of hydrogen-bond acceptors (Lipinski definition) is 2. The average Bonchev–Trinajstić information content (AvgIpc) is 2.68. The zero-order valence-corrected chi connectivity index (χ0v) is 15.5. The summed E-state index contributed by atoms with van der Waals surface area (Å²) in [5.74, 6) is -0.489. The lowest BCUT2D eigenvalue weighted by atomic mass is 9.99. The molecule has 1 atom stereocenters. The number of carbonyl (C=O) groups excluding carboxylic acids is 2. The van der Waals surface area contributed by atoms with Crippen LogP contribution in [-0.2, 0) is 4.79 Å². The Bertz CT molecular complexity index is 1020. The van der Waals surface area contributed by atoms with Gasteiger partial charge in [0.2, 0.25) is 5.91 Å². The summed E-state index contributed by atoms with van der Waals surface area (Å²) in [6.45, 7) is 7.28. The minimum Gasteiger partial charge on any atom is -0.345 e. The topological polar surface area (TPSA) is 58.2 Å². The maximum atomic E-state index is 12.8. The summed E-state index contributed by atoms with van der Waals surface area (Å²) in [6, 6.07) is 19.3. The predicted molar refractivity (Wildman–Crippen MR) is 110 cm³/mol. The molecule has 3 aromatic carbocycles. The molecular weight excluding hydrogens is 336 g/mol. The number of amides is 2. The van der Waals surface area contributed by atoms with Crippen LogP contribution in [0.2, 0.25) is 0 Å². The molecule has 0 unspecified atom stereocenters. The molecule has 4 heteroatoms. The lowest BCUT2D eigenvalue weighted by Crippen LogP contribution is -2.27. The molecule has 0 saturated heterocycles. The third-order valence-electron chi connectivity index (χ3n) is 4.57. The SMILES string of the molecule is C=CC(=O)Nc1ccc(C)c(C(=O)N[C@H](C)c2cccc3ccccc23)c1. The van der Waals surface area contributed by atoms with Gasteiger partial charge in [-0.2, -0.15) is 0 Å². The molecule has 0 saturated carbocycles. The van der Waals surface area contributed by atoms with E-state index in [0.29, 0.717) is 11.3 Å². The largest absolute Gasteiger partial charge is 0.345 e. The first kappa shape index (κ1) is 18.4. The Morgan fingerprint density at radius 1 is 1.04 bits per heavy atom. The molecule has 0 aliphatic carbocycles. The van der Waals surface area contributed by atoms with E-state index in [1.807, 2.05) is 44.2 Å². The Labute approximate surface area is 158 Å². The number of carbonyl (C=O) groups is 2. The van der Waals surface area contributed by atoms with Crippen molar-refractivity contribution >= 4 is 28.3 Å². The van der Waals surface area contributed by atoms with Gasteiger partial charge in [0.05, 0.1) is 6.04 Å². The van der Waals surface area contributed by atoms with Gasteiger partial charge in [0.15, 0.2) is 0 Å². The summed E-state index contributed by atoms with van der Waals surface area (Å²) in [5, 5.41) is 8.02. The molecule has 0 spiro atoms. The molecular formula is C23H22N2O2. The molecule has 4 nitrogen and oxygen atoms in total. The van der Waals surface area contributed by atoms with Gasteiger partial charge in [-0.05, 0) is 54.0 Å². The molecule has 0 bridgehead atoms. The van der Waals surface area contributed by atoms with Crippen LogP contribution in [0.5, 0.6) is 0 Å². The van der Waals surface area contributed by atoms with Crippen molar-refractivity contribution in [1.82, 2.24) is 5.32 Å². The number of rotatable bonds is 5. The van der Waals surface area contributed by atoms with Gasteiger partial charge in [0.1, 0.15) is 0 Å². The van der Waals surface area contributed by atoms with Crippen molar-refractivity contribution in [2.45, 2.75) is 19.9 Å². The highest BCUT2D eigenvalue weighted by molar-refractivity contribution is 6.01. The van der Waals surface area contributed by atoms with E-state index < -0.39 is 0 Å². The van der Waals surface area contributed by atoms with Gasteiger partial charge in [0.25, 0.3) is 5.91 Å². The summed E-state index contributed by atoms with van der Waals surface area (Å²) >= 11 is 0. The molecule has 27 heavy (non-hydrogen) atoms. The van der Waals surface area contributed by atoms with Gasteiger partial charge >= 0.3 is 0 Å². The molecule has 0 radical (unpaired) electrons. The summed E-state index contributed by atoms with van der Waals surface area (Å²) in [7, 11) is 0. The molecule has 136 valence electrons. The van der Waals surface area contributed by atoms with Crippen LogP contribution in [0.25, 0.3) is 10.8 Å². The Balaban J connectivity index is 1.85. The lowest BCUT2D eigenvalue weighted by molar-refractivity contribution is -0.111. The predicted octanol–water partition coefficient (Wildman–Crippen LogP) is 4.76. The zero-order chi connectivity index (χ0) is 19.4. The minimum absolute atomic E-state index is 0.158. The number of hydrogen-bond donors (Lipinski definition) is 2. The standard InChI is InChI=1S/C23H22N2O2/c1-4-22(26)25-18-13-12-15(2)21(14-18)23(27)24-16(3)19-11-7-9-17-8-5-6-10-20(17)19/h4-14,16H,1H2,2-3H3,(H,24,27)(H,25,26)/t16-/m1/s1. The van der Waals surface area contributed by atoms with Crippen molar-refractivity contribution in [2.75, 3.05) is 5.32 Å². The van der Waals surface area contributed by atoms with Crippen LogP contribution in [0, 0.1) is 6.92 Å². The van der Waals surface area contributed by atoms with Crippen LogP contribution in [0.4, 0.5) is 5.69 Å². The van der Waals surface area contributed by atoms with E-state index in [1.54, 1.807) is 12.1 Å². The first-order chi connectivity index (χ1) is 13.0. The van der Waals surface area contributed by atoms with Crippen molar-refractivity contribution in [3.8, 4) is 0 Å². The van der Waals surface area contributed by atoms with E-state index in [9.17, 15) is 9.59 Å². The molecule has 0 fully saturated rings. The number of aryl methyl sites for hydroxylation is 1. The van der Waals surface area contributed by atoms with Gasteiger partial charge in [0, 0.05) is 11.3 Å². The number of benzene rings is 3. The van der Waals surface area contributed by atoms with E-state index in [1.165, 1.54) is 6.08 Å². The molecule has 2 N–H and O–H groups in total. The van der Waals surface area contributed by atoms with Crippen LogP contribution in [-0.4, -0.2) is 11.8 Å². The monoisotopic (exact) mass is 358 g/mol.